The molecule has 2 aromatic rings. The van der Waals surface area contributed by atoms with Gasteiger partial charge in [0.2, 0.25) is 47.3 Å². The molecule has 26 nitrogen and oxygen atoms in total. The van der Waals surface area contributed by atoms with Gasteiger partial charge in [0.15, 0.2) is 17.3 Å². The van der Waals surface area contributed by atoms with Crippen LogP contribution in [0.15, 0.2) is 12.1 Å². The molecular formula is C73H118N10O16. The molecule has 2 heterocycles. The van der Waals surface area contributed by atoms with Crippen molar-refractivity contribution in [2.24, 2.45) is 59.2 Å². The van der Waals surface area contributed by atoms with E-state index in [9.17, 15) is 48.3 Å². The van der Waals surface area contributed by atoms with E-state index in [-0.39, 0.29) is 97.5 Å². The summed E-state index contributed by atoms with van der Waals surface area (Å²) in [4.78, 5) is 205. The molecule has 12 atom stereocenters. The SMILES string of the molecule is CC[C@@H]1CC(=O)[C@H]([C@H](O)[C@H](C)Cc2nc3cc(C(=O)OC)c(C(=O)OC)cc3[nH]2)N(C)C(=O)[C@H](C(C)C)N(C)C(=O)[C@H](CC(C)C)N(C)C(=O)[C@H](CC(C)C)N(C)C(=O)[C@@H](C)NC(=O)[C@H](C)CC(=O)[C@H](CC(C)C)N(C)C(=O)[C@H](C(C)C)CC(=O)[C@H](CC(C)C)N(C)C(=O)CN(C)C1=O. The number of ether oxygens (including phenoxy) is 2. The fraction of sp³-hybridized carbons (Fsp3) is 0.726. The van der Waals surface area contributed by atoms with E-state index in [1.165, 1.54) is 99.8 Å². The van der Waals surface area contributed by atoms with Crippen LogP contribution in [-0.2, 0) is 68.6 Å². The van der Waals surface area contributed by atoms with Crippen molar-refractivity contribution in [2.45, 2.75) is 217 Å². The summed E-state index contributed by atoms with van der Waals surface area (Å²) < 4.78 is 9.86. The predicted octanol–water partition coefficient (Wildman–Crippen LogP) is 6.27. The molecule has 1 aliphatic rings. The predicted molar refractivity (Wildman–Crippen MR) is 375 cm³/mol. The number of aromatic amines is 1. The molecule has 0 bridgehead atoms. The Labute approximate surface area is 587 Å². The second kappa shape index (κ2) is 37.7. The minimum absolute atomic E-state index is 0.0522. The monoisotopic (exact) mass is 1390 g/mol. The molecule has 0 saturated carbocycles. The molecule has 1 aromatic heterocycles. The summed E-state index contributed by atoms with van der Waals surface area (Å²) in [7, 11) is 12.3. The number of imidazole rings is 1. The molecule has 3 N–H and O–H groups in total. The maximum absolute atomic E-state index is 15.6. The van der Waals surface area contributed by atoms with Crippen LogP contribution >= 0.6 is 0 Å². The van der Waals surface area contributed by atoms with Crippen molar-refractivity contribution >= 4 is 87.6 Å². The molecule has 556 valence electrons. The molecule has 1 aliphatic heterocycles. The lowest BCUT2D eigenvalue weighted by molar-refractivity contribution is -0.157. The largest absolute Gasteiger partial charge is 0.465 e. The number of H-pyrrole nitrogens is 1. The fourth-order valence-electron chi connectivity index (χ4n) is 13.2. The zero-order valence-corrected chi connectivity index (χ0v) is 63.8. The van der Waals surface area contributed by atoms with Gasteiger partial charge in [-0.05, 0) is 92.6 Å². The summed E-state index contributed by atoms with van der Waals surface area (Å²) in [5, 5.41) is 15.5. The molecule has 8 amide bonds. The normalized spacial score (nSPS) is 24.8. The molecule has 1 aromatic carbocycles. The Kier molecular flexibility index (Phi) is 32.6. The summed E-state index contributed by atoms with van der Waals surface area (Å²) in [5.41, 5.74) is 0.335. The van der Waals surface area contributed by atoms with Gasteiger partial charge in [-0.15, -0.1) is 0 Å². The number of aromatic nitrogens is 2. The van der Waals surface area contributed by atoms with Gasteiger partial charge in [0.1, 0.15) is 36.0 Å². The van der Waals surface area contributed by atoms with E-state index < -0.39 is 173 Å². The summed E-state index contributed by atoms with van der Waals surface area (Å²) in [6.07, 6.45) is -2.24. The minimum Gasteiger partial charge on any atom is -0.465 e. The van der Waals surface area contributed by atoms with E-state index >= 15 is 19.2 Å². The van der Waals surface area contributed by atoms with E-state index in [4.69, 9.17) is 9.47 Å². The number of aliphatic hydroxyl groups is 1. The molecule has 0 radical (unpaired) electrons. The number of aliphatic hydroxyl groups excluding tert-OH is 1. The first-order valence-corrected chi connectivity index (χ1v) is 35.0. The zero-order chi connectivity index (χ0) is 75.8. The van der Waals surface area contributed by atoms with Gasteiger partial charge in [-0.3, -0.25) is 52.7 Å². The molecule has 1 saturated heterocycles. The Balaban J connectivity index is 2.37. The molecule has 99 heavy (non-hydrogen) atoms. The van der Waals surface area contributed by atoms with Gasteiger partial charge in [0.25, 0.3) is 0 Å². The number of nitrogens with one attached hydrogen (secondary N) is 2. The standard InChI is InChI=1S/C73H118N10O16/c1-26-47-33-59(86)63(64(88)44(14)32-60-75-51-34-49(72(96)98-24)50(73(97)99-25)35-52(51)76-60)83(23)71(95)62(43(12)13)82(22)70(94)56(30-41(8)9)81(21)69(93)55(29-40(6)7)80(20)66(90)46(16)74-65(89)45(15)31-57(84)54(28-39(4)5)79(19)68(92)48(42(10)11)36-58(85)53(27-38(2)3)78(18)61(87)37-77(17)67(47)91/h34-35,38-48,53-56,62-64,88H,26-33,36-37H2,1-25H3,(H,74,89)(H,75,76)/t44-,45-,46-,47-,48+,53+,54+,55+,56+,62+,63-,64-/m1/s1. The Hall–Kier alpha value is -7.64. The maximum atomic E-state index is 15.6. The molecule has 0 spiro atoms. The number of methoxy groups -OCH3 is 2. The van der Waals surface area contributed by atoms with Crippen molar-refractivity contribution in [3.05, 3.63) is 29.1 Å². The topological polar surface area (TPSA) is 324 Å². The Morgan fingerprint density at radius 3 is 1.45 bits per heavy atom. The second-order valence-corrected chi connectivity index (χ2v) is 30.0. The van der Waals surface area contributed by atoms with Crippen LogP contribution in [-0.4, -0.2) is 244 Å². The van der Waals surface area contributed by atoms with Gasteiger partial charge in [-0.1, -0.05) is 104 Å². The third-order valence-electron chi connectivity index (χ3n) is 19.3. The highest BCUT2D eigenvalue weighted by atomic mass is 16.5. The number of nitrogens with zero attached hydrogens (tertiary/aromatic N) is 8. The van der Waals surface area contributed by atoms with Crippen LogP contribution in [0, 0.1) is 59.2 Å². The highest BCUT2D eigenvalue weighted by molar-refractivity contribution is 6.07. The molecule has 26 heteroatoms. The van der Waals surface area contributed by atoms with Gasteiger partial charge in [0.05, 0.1) is 61.1 Å². The Morgan fingerprint density at radius 2 is 0.980 bits per heavy atom. The lowest BCUT2D eigenvalue weighted by atomic mass is 9.84. The third-order valence-corrected chi connectivity index (χ3v) is 19.3. The number of rotatable bonds is 17. The highest BCUT2D eigenvalue weighted by Crippen LogP contribution is 2.31. The lowest BCUT2D eigenvalue weighted by Crippen LogP contribution is -2.62. The number of hydrogen-bond donors (Lipinski definition) is 3. The van der Waals surface area contributed by atoms with E-state index in [0.29, 0.717) is 5.52 Å². The van der Waals surface area contributed by atoms with Crippen LogP contribution in [0.1, 0.15) is 189 Å². The number of ketones is 3. The number of carbonyl (C=O) groups is 13. The smallest absolute Gasteiger partial charge is 0.338 e. The number of esters is 2. The summed E-state index contributed by atoms with van der Waals surface area (Å²) in [5.74, 6) is -13.7. The van der Waals surface area contributed by atoms with Gasteiger partial charge >= 0.3 is 11.9 Å². The summed E-state index contributed by atoms with van der Waals surface area (Å²) >= 11 is 0. The number of fused-ring (bicyclic) bond motifs is 1. The van der Waals surface area contributed by atoms with Gasteiger partial charge in [0, 0.05) is 92.8 Å². The average molecular weight is 1390 g/mol. The first kappa shape index (κ1) is 85.6. The second-order valence-electron chi connectivity index (χ2n) is 30.0. The number of carbonyl (C=O) groups excluding carboxylic acids is 13. The van der Waals surface area contributed by atoms with Crippen LogP contribution < -0.4 is 5.32 Å². The number of hydrogen-bond acceptors (Lipinski definition) is 17. The molecule has 0 aliphatic carbocycles. The number of likely N-dealkylation sites (N-methyl/N-ethyl adjacent to an activating group) is 7. The summed E-state index contributed by atoms with van der Waals surface area (Å²) in [6, 6.07) is -5.99. The van der Waals surface area contributed by atoms with E-state index in [1.54, 1.807) is 41.5 Å². The lowest BCUT2D eigenvalue weighted by Gasteiger charge is -2.41. The van der Waals surface area contributed by atoms with Gasteiger partial charge in [-0.2, -0.15) is 0 Å². The van der Waals surface area contributed by atoms with E-state index in [1.807, 2.05) is 55.4 Å². The first-order chi connectivity index (χ1) is 45.9. The molecular weight excluding hydrogens is 1270 g/mol. The maximum Gasteiger partial charge on any atom is 0.338 e. The van der Waals surface area contributed by atoms with Crippen LogP contribution in [0.4, 0.5) is 0 Å². The quantitative estimate of drug-likeness (QED) is 0.147. The summed E-state index contributed by atoms with van der Waals surface area (Å²) in [6.45, 7) is 27.7. The Morgan fingerprint density at radius 1 is 0.535 bits per heavy atom. The number of amides is 8. The highest BCUT2D eigenvalue weighted by Gasteiger charge is 2.46. The molecule has 0 unspecified atom stereocenters. The zero-order valence-electron chi connectivity index (χ0n) is 63.8. The Bertz CT molecular complexity index is 3160. The van der Waals surface area contributed by atoms with Crippen molar-refractivity contribution in [2.75, 3.05) is 70.1 Å². The van der Waals surface area contributed by atoms with Crippen molar-refractivity contribution in [3.63, 3.8) is 0 Å². The minimum atomic E-state index is -1.71. The molecule has 3 rings (SSSR count). The van der Waals surface area contributed by atoms with Crippen LogP contribution in [0.25, 0.3) is 11.0 Å². The van der Waals surface area contributed by atoms with Crippen LogP contribution in [0.3, 0.4) is 0 Å². The first-order valence-electron chi connectivity index (χ1n) is 35.0. The van der Waals surface area contributed by atoms with E-state index in [0.717, 1.165) is 24.0 Å². The van der Waals surface area contributed by atoms with Crippen molar-refractivity contribution in [3.8, 4) is 0 Å². The third kappa shape index (κ3) is 22.2. The average Bonchev–Trinajstić information content (AvgIpc) is 1.44. The van der Waals surface area contributed by atoms with E-state index in [2.05, 4.69) is 15.3 Å². The van der Waals surface area contributed by atoms with Crippen molar-refractivity contribution in [1.29, 1.82) is 0 Å². The number of Topliss-reactive ketones (excluding diaryl/α,β-unsaturated/α-hetero) is 3. The van der Waals surface area contributed by atoms with Crippen LogP contribution in [0.5, 0.6) is 0 Å². The van der Waals surface area contributed by atoms with Crippen molar-refractivity contribution in [1.82, 2.24) is 49.6 Å². The van der Waals surface area contributed by atoms with Gasteiger partial charge in [-0.25, -0.2) is 14.6 Å². The number of benzene rings is 1. The van der Waals surface area contributed by atoms with Gasteiger partial charge < -0.3 is 59.2 Å². The van der Waals surface area contributed by atoms with Crippen molar-refractivity contribution < 1.29 is 76.9 Å². The van der Waals surface area contributed by atoms with Crippen LogP contribution in [0.2, 0.25) is 0 Å². The fourth-order valence-corrected chi connectivity index (χ4v) is 13.2. The molecule has 1 fully saturated rings.